The zero-order chi connectivity index (χ0) is 58.3. The van der Waals surface area contributed by atoms with Gasteiger partial charge >= 0.3 is 25.7 Å². The molecule has 0 amide bonds. The highest BCUT2D eigenvalue weighted by molar-refractivity contribution is 7.47. The van der Waals surface area contributed by atoms with Crippen LogP contribution in [0.1, 0.15) is 188 Å². The number of esters is 3. The lowest BCUT2D eigenvalue weighted by molar-refractivity contribution is -0.161. The maximum absolute atomic E-state index is 12.9. The summed E-state index contributed by atoms with van der Waals surface area (Å²) in [4.78, 5) is 48.6. The van der Waals surface area contributed by atoms with Crippen LogP contribution in [-0.2, 0) is 42.2 Å². The summed E-state index contributed by atoms with van der Waals surface area (Å²) in [5.74, 6) is -1.68. The van der Waals surface area contributed by atoms with Gasteiger partial charge in [-0.2, -0.15) is 0 Å². The van der Waals surface area contributed by atoms with E-state index in [-0.39, 0.29) is 19.3 Å². The summed E-state index contributed by atoms with van der Waals surface area (Å²) in [5, 5.41) is 9.82. The van der Waals surface area contributed by atoms with E-state index in [1.807, 2.05) is 12.2 Å². The fraction of sp³-hybridized carbons (Fsp3) is 0.515. The predicted molar refractivity (Wildman–Crippen MR) is 334 cm³/mol. The SMILES string of the molecule is CC/C=C\C/C=C\C/C=C\C/C=C\C/C=C\C/C=C\CCC(=O)OC(COC(=O)CCCCC/C=C\C/C=C\C/C=C\C/C=C\C/C=C\CC)COP(=O)(O)OCC(CO)OC(=O)CCCC/C=C\C/C=C\C/C=C\C/C=C\CC. The number of aliphatic hydroxyl groups excluding tert-OH is 1. The van der Waals surface area contributed by atoms with Crippen LogP contribution in [0.4, 0.5) is 0 Å². The number of carbonyl (C=O) groups is 3. The fourth-order valence-corrected chi connectivity index (χ4v) is 7.71. The molecule has 0 radical (unpaired) electrons. The zero-order valence-electron chi connectivity index (χ0n) is 49.2. The maximum atomic E-state index is 12.9. The maximum Gasteiger partial charge on any atom is 0.472 e. The molecule has 0 aromatic rings. The third-order valence-electron chi connectivity index (χ3n) is 11.3. The number of phosphoric acid groups is 1. The van der Waals surface area contributed by atoms with Crippen molar-refractivity contribution in [3.63, 3.8) is 0 Å². The lowest BCUT2D eigenvalue weighted by Gasteiger charge is -2.21. The van der Waals surface area contributed by atoms with E-state index >= 15 is 0 Å². The Morgan fingerprint density at radius 3 is 1.01 bits per heavy atom. The summed E-state index contributed by atoms with van der Waals surface area (Å²) in [6.07, 6.45) is 81.5. The van der Waals surface area contributed by atoms with Crippen molar-refractivity contribution in [2.75, 3.05) is 26.4 Å². The molecule has 0 saturated carbocycles. The summed E-state index contributed by atoms with van der Waals surface area (Å²) in [5.41, 5.74) is 0. The number of ether oxygens (including phenoxy) is 3. The summed E-state index contributed by atoms with van der Waals surface area (Å²) < 4.78 is 39.4. The third-order valence-corrected chi connectivity index (χ3v) is 12.3. The van der Waals surface area contributed by atoms with Crippen LogP contribution in [0.15, 0.2) is 182 Å². The summed E-state index contributed by atoms with van der Waals surface area (Å²) in [7, 11) is -4.81. The van der Waals surface area contributed by atoms with Gasteiger partial charge in [-0.1, -0.05) is 209 Å². The first kappa shape index (κ1) is 74.6. The molecule has 3 unspecified atom stereocenters. The molecule has 0 bridgehead atoms. The van der Waals surface area contributed by atoms with Gasteiger partial charge < -0.3 is 24.2 Å². The van der Waals surface area contributed by atoms with Crippen LogP contribution in [0.2, 0.25) is 0 Å². The predicted octanol–water partition coefficient (Wildman–Crippen LogP) is 18.0. The Kier molecular flexibility index (Phi) is 55.7. The van der Waals surface area contributed by atoms with E-state index in [1.165, 1.54) is 0 Å². The molecule has 0 aromatic carbocycles. The van der Waals surface area contributed by atoms with Gasteiger partial charge in [0.15, 0.2) is 6.10 Å². The second-order valence-electron chi connectivity index (χ2n) is 18.7. The van der Waals surface area contributed by atoms with Gasteiger partial charge in [0.25, 0.3) is 0 Å². The topological polar surface area (TPSA) is 155 Å². The number of unbranched alkanes of at least 4 members (excludes halogenated alkanes) is 5. The molecule has 80 heavy (non-hydrogen) atoms. The molecule has 446 valence electrons. The molecule has 0 aliphatic rings. The van der Waals surface area contributed by atoms with Crippen molar-refractivity contribution in [2.45, 2.75) is 200 Å². The molecule has 3 atom stereocenters. The van der Waals surface area contributed by atoms with Crippen LogP contribution in [0.5, 0.6) is 0 Å². The minimum Gasteiger partial charge on any atom is -0.462 e. The van der Waals surface area contributed by atoms with E-state index in [1.54, 1.807) is 0 Å². The molecule has 0 aliphatic heterocycles. The Hall–Kier alpha value is -5.42. The molecule has 12 heteroatoms. The van der Waals surface area contributed by atoms with Crippen molar-refractivity contribution in [3.8, 4) is 0 Å². The van der Waals surface area contributed by atoms with Gasteiger partial charge in [0, 0.05) is 19.3 Å². The van der Waals surface area contributed by atoms with Gasteiger partial charge in [0.2, 0.25) is 0 Å². The highest BCUT2D eigenvalue weighted by atomic mass is 31.2. The van der Waals surface area contributed by atoms with Crippen molar-refractivity contribution < 1.29 is 52.2 Å². The average molecular weight is 1130 g/mol. The van der Waals surface area contributed by atoms with Gasteiger partial charge in [-0.25, -0.2) is 4.57 Å². The second-order valence-corrected chi connectivity index (χ2v) is 20.1. The second kappa shape index (κ2) is 59.7. The van der Waals surface area contributed by atoms with Crippen LogP contribution in [-0.4, -0.2) is 66.5 Å². The minimum atomic E-state index is -4.81. The van der Waals surface area contributed by atoms with Gasteiger partial charge in [-0.05, 0) is 141 Å². The molecule has 2 N–H and O–H groups in total. The van der Waals surface area contributed by atoms with Gasteiger partial charge in [-0.3, -0.25) is 23.4 Å². The standard InChI is InChI=1S/C68H103O11P/c1-4-7-10-13-16-19-22-25-28-30-32-34-37-39-42-45-48-51-54-57-66(70)75-61-65(79-68(72)59-56-53-50-47-44-41-38-35-33-31-29-26-23-20-17-14-11-8-5-2)63-77-80(73,74)76-62-64(60-69)78-67(71)58-55-52-49-46-43-40-36-27-24-21-18-15-12-9-6-3/h7-12,16-21,25-29,32-36,39,41-44,46,50,53,64-65,69H,4-6,13-15,22-24,30-31,37-38,40,45,47-49,51-52,54-63H2,1-3H3,(H,73,74)/b10-7-,11-8-,12-9-,19-16-,20-17-,21-18-,28-25-,29-26-,34-32-,35-33-,36-27-,42-39-,44-41-,46-43-,53-50-. The lowest BCUT2D eigenvalue weighted by atomic mass is 10.1. The number of allylic oxidation sites excluding steroid dienone is 30. The van der Waals surface area contributed by atoms with Crippen molar-refractivity contribution >= 4 is 25.7 Å². The molecule has 11 nitrogen and oxygen atoms in total. The van der Waals surface area contributed by atoms with Crippen LogP contribution in [0, 0.1) is 0 Å². The quantitative estimate of drug-likeness (QED) is 0.0197. The molecule has 0 rings (SSSR count). The molecule has 0 heterocycles. The molecule has 0 aromatic heterocycles. The van der Waals surface area contributed by atoms with Crippen molar-refractivity contribution in [2.24, 2.45) is 0 Å². The molecule has 0 fully saturated rings. The van der Waals surface area contributed by atoms with E-state index in [4.69, 9.17) is 23.3 Å². The molecule has 0 aliphatic carbocycles. The molecular weight excluding hydrogens is 1020 g/mol. The number of aliphatic hydroxyl groups is 1. The zero-order valence-corrected chi connectivity index (χ0v) is 50.1. The summed E-state index contributed by atoms with van der Waals surface area (Å²) in [6, 6.07) is 0. The highest BCUT2D eigenvalue weighted by Gasteiger charge is 2.28. The first-order valence-electron chi connectivity index (χ1n) is 29.7. The normalized spacial score (nSPS) is 14.6. The molecule has 0 saturated heterocycles. The fourth-order valence-electron chi connectivity index (χ4n) is 6.93. The Morgan fingerprint density at radius 1 is 0.350 bits per heavy atom. The monoisotopic (exact) mass is 1130 g/mol. The minimum absolute atomic E-state index is 0.0196. The summed E-state index contributed by atoms with van der Waals surface area (Å²) in [6.45, 7) is 4.10. The number of rotatable bonds is 52. The first-order chi connectivity index (χ1) is 39.2. The Labute approximate surface area is 484 Å². The molecular formula is C68H103O11P. The van der Waals surface area contributed by atoms with E-state index in [9.17, 15) is 28.9 Å². The number of hydrogen-bond acceptors (Lipinski definition) is 10. The Bertz CT molecular complexity index is 2040. The van der Waals surface area contributed by atoms with Crippen molar-refractivity contribution in [3.05, 3.63) is 182 Å². The average Bonchev–Trinajstić information content (AvgIpc) is 3.45. The van der Waals surface area contributed by atoms with Crippen molar-refractivity contribution in [1.29, 1.82) is 0 Å². The first-order valence-corrected chi connectivity index (χ1v) is 31.2. The van der Waals surface area contributed by atoms with E-state index in [2.05, 4.69) is 191 Å². The third kappa shape index (κ3) is 57.3. The number of hydrogen-bond donors (Lipinski definition) is 2. The largest absolute Gasteiger partial charge is 0.472 e. The van der Waals surface area contributed by atoms with Gasteiger partial charge in [0.1, 0.15) is 12.7 Å². The molecule has 0 spiro atoms. The smallest absolute Gasteiger partial charge is 0.462 e. The Balaban J connectivity index is 4.97. The highest BCUT2D eigenvalue weighted by Crippen LogP contribution is 2.43. The van der Waals surface area contributed by atoms with Gasteiger partial charge in [0.05, 0.1) is 19.8 Å². The van der Waals surface area contributed by atoms with Crippen LogP contribution in [0.25, 0.3) is 0 Å². The summed E-state index contributed by atoms with van der Waals surface area (Å²) >= 11 is 0. The van der Waals surface area contributed by atoms with Crippen molar-refractivity contribution in [1.82, 2.24) is 0 Å². The van der Waals surface area contributed by atoms with Crippen LogP contribution in [0.3, 0.4) is 0 Å². The lowest BCUT2D eigenvalue weighted by Crippen LogP contribution is -2.30. The number of carbonyl (C=O) groups excluding carboxylic acids is 3. The van der Waals surface area contributed by atoms with E-state index in [0.29, 0.717) is 25.7 Å². The van der Waals surface area contributed by atoms with Gasteiger partial charge in [-0.15, -0.1) is 0 Å². The van der Waals surface area contributed by atoms with E-state index in [0.717, 1.165) is 122 Å². The van der Waals surface area contributed by atoms with E-state index < -0.39 is 64.4 Å². The van der Waals surface area contributed by atoms with Crippen LogP contribution >= 0.6 is 7.82 Å². The van der Waals surface area contributed by atoms with Crippen LogP contribution < -0.4 is 0 Å². The Morgan fingerprint density at radius 2 is 0.637 bits per heavy atom. The number of phosphoric ester groups is 1.